The predicted octanol–water partition coefficient (Wildman–Crippen LogP) is 9.03. The van der Waals surface area contributed by atoms with Crippen LogP contribution < -0.4 is 5.11 Å². The number of aryl methyl sites for hydroxylation is 1. The number of carboxylic acid groups (broad SMARTS) is 1. The number of carbonyl (C=O) groups excluding carboxylic acids is 1. The molecule has 3 heteroatoms. The second kappa shape index (κ2) is 14.6. The van der Waals surface area contributed by atoms with Crippen molar-refractivity contribution < 1.29 is 9.90 Å². The first-order chi connectivity index (χ1) is 20.1. The number of unbranched alkanes of at least 4 members (excludes halogenated alkanes) is 6. The molecule has 4 bridgehead atoms. The van der Waals surface area contributed by atoms with Crippen molar-refractivity contribution in [2.24, 2.45) is 23.2 Å². The van der Waals surface area contributed by atoms with Gasteiger partial charge < -0.3 is 9.90 Å². The van der Waals surface area contributed by atoms with Crippen LogP contribution in [0.5, 0.6) is 0 Å². The molecule has 7 rings (SSSR count). The van der Waals surface area contributed by atoms with E-state index in [0.29, 0.717) is 17.8 Å². The first kappa shape index (κ1) is 30.0. The average Bonchev–Trinajstić information content (AvgIpc) is 2.98. The highest BCUT2D eigenvalue weighted by molar-refractivity contribution is 7.97. The van der Waals surface area contributed by atoms with Crippen LogP contribution >= 0.6 is 0 Å². The van der Waals surface area contributed by atoms with E-state index in [1.807, 2.05) is 0 Å². The lowest BCUT2D eigenvalue weighted by Gasteiger charge is -2.57. The van der Waals surface area contributed by atoms with Gasteiger partial charge in [-0.1, -0.05) is 94.0 Å². The van der Waals surface area contributed by atoms with Gasteiger partial charge in [-0.15, -0.1) is 0 Å². The Labute approximate surface area is 251 Å². The molecule has 0 aromatic heterocycles. The van der Waals surface area contributed by atoms with Crippen LogP contribution in [0.3, 0.4) is 0 Å². The molecular weight excluding hydrogens is 520 g/mol. The molecule has 0 radical (unpaired) electrons. The first-order valence-corrected chi connectivity index (χ1v) is 17.4. The van der Waals surface area contributed by atoms with E-state index in [-0.39, 0.29) is 10.9 Å². The molecule has 4 saturated carbocycles. The molecule has 0 N–H and O–H groups in total. The first-order valence-electron chi connectivity index (χ1n) is 16.2. The Morgan fingerprint density at radius 3 is 1.56 bits per heavy atom. The van der Waals surface area contributed by atoms with E-state index in [2.05, 4.69) is 91.9 Å². The smallest absolute Gasteiger partial charge is 0.166 e. The average molecular weight is 569 g/mol. The van der Waals surface area contributed by atoms with Crippen LogP contribution in [0, 0.1) is 23.2 Å². The molecule has 0 heterocycles. The molecule has 3 aromatic rings. The van der Waals surface area contributed by atoms with Gasteiger partial charge in [-0.25, -0.2) is 0 Å². The van der Waals surface area contributed by atoms with Gasteiger partial charge in [0.1, 0.15) is 0 Å². The molecule has 218 valence electrons. The lowest BCUT2D eigenvalue weighted by molar-refractivity contribution is -0.327. The van der Waals surface area contributed by atoms with E-state index in [1.54, 1.807) is 0 Å². The van der Waals surface area contributed by atoms with Crippen molar-refractivity contribution in [1.82, 2.24) is 0 Å². The van der Waals surface area contributed by atoms with Crippen LogP contribution in [0.1, 0.15) is 96.0 Å². The zero-order chi connectivity index (χ0) is 28.5. The highest BCUT2D eigenvalue weighted by atomic mass is 32.2. The Morgan fingerprint density at radius 1 is 0.659 bits per heavy atom. The molecule has 4 aliphatic carbocycles. The molecule has 0 amide bonds. The number of carbonyl (C=O) groups is 1. The van der Waals surface area contributed by atoms with Gasteiger partial charge in [0.25, 0.3) is 0 Å². The van der Waals surface area contributed by atoms with E-state index in [9.17, 15) is 9.90 Å². The summed E-state index contributed by atoms with van der Waals surface area (Å²) >= 11 is 0. The van der Waals surface area contributed by atoms with Gasteiger partial charge >= 0.3 is 0 Å². The molecule has 0 saturated heterocycles. The minimum atomic E-state index is -0.758. The fourth-order valence-electron chi connectivity index (χ4n) is 7.96. The summed E-state index contributed by atoms with van der Waals surface area (Å²) in [5.41, 5.74) is 1.08. The third kappa shape index (κ3) is 7.86. The minimum Gasteiger partial charge on any atom is -0.550 e. The van der Waals surface area contributed by atoms with Crippen molar-refractivity contribution >= 4 is 16.9 Å². The van der Waals surface area contributed by atoms with E-state index in [4.69, 9.17) is 0 Å². The molecule has 3 aromatic carbocycles. The lowest BCUT2D eigenvalue weighted by atomic mass is 9.49. The summed E-state index contributed by atoms with van der Waals surface area (Å²) in [6.45, 7) is 2.28. The van der Waals surface area contributed by atoms with Crippen molar-refractivity contribution in [2.45, 2.75) is 112 Å². The maximum absolute atomic E-state index is 11.1. The monoisotopic (exact) mass is 568 g/mol. The number of aliphatic carboxylic acids is 1. The summed E-state index contributed by atoms with van der Waals surface area (Å²) in [7, 11) is -0.0351. The largest absolute Gasteiger partial charge is 0.550 e. The molecule has 0 atom stereocenters. The third-order valence-corrected chi connectivity index (χ3v) is 11.9. The Bertz CT molecular complexity index is 1130. The van der Waals surface area contributed by atoms with Gasteiger partial charge in [0.05, 0.1) is 10.9 Å². The van der Waals surface area contributed by atoms with Crippen molar-refractivity contribution in [3.05, 3.63) is 90.5 Å². The SMILES string of the molecule is CCCCCCCCCc1ccc([S+](c2ccccc2)c2ccccc2)cc1.O=C([O-])C12CC3CC(CC(C3)C1)C2. The van der Waals surface area contributed by atoms with Gasteiger partial charge in [0.15, 0.2) is 14.7 Å². The Morgan fingerprint density at radius 2 is 1.10 bits per heavy atom. The van der Waals surface area contributed by atoms with E-state index >= 15 is 0 Å². The zero-order valence-electron chi connectivity index (χ0n) is 24.9. The van der Waals surface area contributed by atoms with E-state index in [1.165, 1.54) is 90.9 Å². The minimum absolute atomic E-state index is 0.0351. The van der Waals surface area contributed by atoms with Gasteiger partial charge in [-0.05, 0) is 111 Å². The van der Waals surface area contributed by atoms with Gasteiger partial charge in [-0.3, -0.25) is 0 Å². The highest BCUT2D eigenvalue weighted by Gasteiger charge is 2.51. The lowest BCUT2D eigenvalue weighted by Crippen LogP contribution is -2.54. The number of carboxylic acids is 1. The van der Waals surface area contributed by atoms with Gasteiger partial charge in [0.2, 0.25) is 0 Å². The van der Waals surface area contributed by atoms with Crippen LogP contribution in [0.4, 0.5) is 0 Å². The summed E-state index contributed by atoms with van der Waals surface area (Å²) < 4.78 is 0. The van der Waals surface area contributed by atoms with Crippen LogP contribution in [-0.4, -0.2) is 5.97 Å². The second-order valence-electron chi connectivity index (χ2n) is 12.9. The van der Waals surface area contributed by atoms with Crippen molar-refractivity contribution in [3.8, 4) is 0 Å². The van der Waals surface area contributed by atoms with Crippen LogP contribution in [0.25, 0.3) is 0 Å². The van der Waals surface area contributed by atoms with Crippen molar-refractivity contribution in [2.75, 3.05) is 0 Å². The summed E-state index contributed by atoms with van der Waals surface area (Å²) in [4.78, 5) is 15.3. The fourth-order valence-corrected chi connectivity index (χ4v) is 10.0. The summed E-state index contributed by atoms with van der Waals surface area (Å²) in [5, 5.41) is 11.1. The predicted molar refractivity (Wildman–Crippen MR) is 169 cm³/mol. The molecule has 0 unspecified atom stereocenters. The Kier molecular flexibility index (Phi) is 10.7. The molecule has 0 aliphatic heterocycles. The molecule has 41 heavy (non-hydrogen) atoms. The molecule has 2 nitrogen and oxygen atoms in total. The summed E-state index contributed by atoms with van der Waals surface area (Å²) in [5.74, 6) is 1.38. The maximum atomic E-state index is 11.1. The van der Waals surface area contributed by atoms with Crippen molar-refractivity contribution in [3.63, 3.8) is 0 Å². The molecule has 4 fully saturated rings. The number of hydrogen-bond acceptors (Lipinski definition) is 2. The summed E-state index contributed by atoms with van der Waals surface area (Å²) in [6.07, 6.45) is 17.5. The third-order valence-electron chi connectivity index (χ3n) is 9.66. The molecular formula is C38H48O2S. The summed E-state index contributed by atoms with van der Waals surface area (Å²) in [6, 6.07) is 31.2. The van der Waals surface area contributed by atoms with E-state index < -0.39 is 11.4 Å². The number of rotatable bonds is 12. The number of hydrogen-bond donors (Lipinski definition) is 0. The Balaban J connectivity index is 0.000000213. The maximum Gasteiger partial charge on any atom is 0.166 e. The van der Waals surface area contributed by atoms with Crippen LogP contribution in [0.15, 0.2) is 99.6 Å². The van der Waals surface area contributed by atoms with E-state index in [0.717, 1.165) is 19.3 Å². The van der Waals surface area contributed by atoms with Crippen LogP contribution in [0.2, 0.25) is 0 Å². The number of benzene rings is 3. The van der Waals surface area contributed by atoms with Crippen molar-refractivity contribution in [1.29, 1.82) is 0 Å². The molecule has 4 aliphatic rings. The topological polar surface area (TPSA) is 40.1 Å². The normalized spacial score (nSPS) is 24.2. The van der Waals surface area contributed by atoms with Gasteiger partial charge in [-0.2, -0.15) is 0 Å². The zero-order valence-corrected chi connectivity index (χ0v) is 25.8. The standard InChI is InChI=1S/C27H33S.C11H16O2/c1-2-3-4-5-6-7-10-15-24-20-22-27(23-21-24)28(25-16-11-8-12-17-25)26-18-13-9-14-19-26;12-10(13)11-4-7-1-8(5-11)3-9(2-7)6-11/h8-9,11-14,16-23H,2-7,10,15H2,1H3;7-9H,1-6H2,(H,12,13)/q+1;/p-1. The van der Waals surface area contributed by atoms with Crippen LogP contribution in [-0.2, 0) is 22.1 Å². The Hall–Kier alpha value is -2.52. The quantitative estimate of drug-likeness (QED) is 0.162. The second-order valence-corrected chi connectivity index (χ2v) is 15.0. The fraction of sp³-hybridized carbons (Fsp3) is 0.500. The highest BCUT2D eigenvalue weighted by Crippen LogP contribution is 2.59. The van der Waals surface area contributed by atoms with Gasteiger partial charge in [0, 0.05) is 11.4 Å². The molecule has 0 spiro atoms.